The van der Waals surface area contributed by atoms with Gasteiger partial charge in [-0.05, 0) is 44.9 Å². The summed E-state index contributed by atoms with van der Waals surface area (Å²) in [6, 6.07) is -0.708. The molecule has 0 fully saturated rings. The van der Waals surface area contributed by atoms with E-state index in [1.165, 1.54) is 64.2 Å². The van der Waals surface area contributed by atoms with Crippen molar-refractivity contribution in [2.24, 2.45) is 0 Å². The number of unbranched alkanes of at least 4 members (excludes halogenated alkanes) is 17. The summed E-state index contributed by atoms with van der Waals surface area (Å²) >= 11 is 0. The summed E-state index contributed by atoms with van der Waals surface area (Å²) in [5, 5.41) is 23.5. The summed E-state index contributed by atoms with van der Waals surface area (Å²) in [7, 11) is 0. The molecule has 3 N–H and O–H groups in total. The van der Waals surface area contributed by atoms with E-state index < -0.39 is 18.2 Å². The number of esters is 1. The SMILES string of the molecule is CC\C=C/C=C/C=C/C=C\C=C\C=C\CCCCCC(=O)OC(CCCCCCCCC)CC(=O)NC(CO)C(O)CCCCCCCCCCC. The highest BCUT2D eigenvalue weighted by Gasteiger charge is 2.24. The van der Waals surface area contributed by atoms with Crippen molar-refractivity contribution >= 4 is 11.9 Å². The van der Waals surface area contributed by atoms with Gasteiger partial charge in [0.25, 0.3) is 0 Å². The Morgan fingerprint density at radius 1 is 0.577 bits per heavy atom. The van der Waals surface area contributed by atoms with Crippen molar-refractivity contribution in [3.63, 3.8) is 0 Å². The van der Waals surface area contributed by atoms with E-state index >= 15 is 0 Å². The molecule has 298 valence electrons. The molecule has 0 saturated heterocycles. The Hall–Kier alpha value is -2.70. The molecule has 0 aliphatic rings. The maximum absolute atomic E-state index is 13.0. The van der Waals surface area contributed by atoms with Gasteiger partial charge in [-0.25, -0.2) is 0 Å². The highest BCUT2D eigenvalue weighted by molar-refractivity contribution is 5.77. The lowest BCUT2D eigenvalue weighted by molar-refractivity contribution is -0.151. The van der Waals surface area contributed by atoms with Gasteiger partial charge in [-0.3, -0.25) is 9.59 Å². The number of hydrogen-bond acceptors (Lipinski definition) is 5. The minimum absolute atomic E-state index is 0.0559. The highest BCUT2D eigenvalue weighted by Crippen LogP contribution is 2.17. The molecule has 0 aromatic rings. The van der Waals surface area contributed by atoms with Gasteiger partial charge in [0.2, 0.25) is 5.91 Å². The first-order valence-electron chi connectivity index (χ1n) is 21.2. The van der Waals surface area contributed by atoms with E-state index in [9.17, 15) is 19.8 Å². The van der Waals surface area contributed by atoms with Crippen LogP contribution in [-0.2, 0) is 14.3 Å². The maximum atomic E-state index is 13.0. The molecule has 0 spiro atoms. The van der Waals surface area contributed by atoms with E-state index in [0.717, 1.165) is 70.6 Å². The van der Waals surface area contributed by atoms with Crippen LogP contribution in [0.15, 0.2) is 72.9 Å². The molecule has 1 amide bonds. The number of nitrogens with one attached hydrogen (secondary N) is 1. The summed E-state index contributed by atoms with van der Waals surface area (Å²) in [6.45, 7) is 6.24. The van der Waals surface area contributed by atoms with Crippen LogP contribution in [0.25, 0.3) is 0 Å². The lowest BCUT2D eigenvalue weighted by Gasteiger charge is -2.24. The Morgan fingerprint density at radius 3 is 1.56 bits per heavy atom. The Labute approximate surface area is 320 Å². The topological polar surface area (TPSA) is 95.9 Å². The van der Waals surface area contributed by atoms with Crippen LogP contribution in [0.1, 0.15) is 181 Å². The molecule has 6 nitrogen and oxygen atoms in total. The standard InChI is InChI=1S/C46H79NO5/c1-4-7-10-13-16-18-19-20-21-22-23-24-25-27-30-33-36-39-46(51)52-42(37-34-31-28-15-12-9-6-3)40-45(50)47-43(41-48)44(49)38-35-32-29-26-17-14-11-8-5-2/h7,10,13,16,18-25,42-44,48-49H,4-6,8-9,11-12,14-15,17,26-41H2,1-3H3,(H,47,50)/b10-7-,16-13+,19-18+,21-20-,23-22+,25-24+. The van der Waals surface area contributed by atoms with Crippen LogP contribution in [0.2, 0.25) is 0 Å². The molecule has 0 heterocycles. The fourth-order valence-corrected chi connectivity index (χ4v) is 5.99. The lowest BCUT2D eigenvalue weighted by Crippen LogP contribution is -2.46. The van der Waals surface area contributed by atoms with E-state index in [1.54, 1.807) is 0 Å². The smallest absolute Gasteiger partial charge is 0.306 e. The van der Waals surface area contributed by atoms with Crippen molar-refractivity contribution in [3.8, 4) is 0 Å². The quantitative estimate of drug-likeness (QED) is 0.0339. The zero-order valence-corrected chi connectivity index (χ0v) is 33.7. The first kappa shape index (κ1) is 49.3. The predicted molar refractivity (Wildman–Crippen MR) is 222 cm³/mol. The number of ether oxygens (including phenoxy) is 1. The molecule has 0 saturated carbocycles. The molecule has 3 unspecified atom stereocenters. The van der Waals surface area contributed by atoms with Gasteiger partial charge in [-0.1, -0.05) is 196 Å². The van der Waals surface area contributed by atoms with E-state index in [1.807, 2.05) is 54.7 Å². The maximum Gasteiger partial charge on any atom is 0.306 e. The molecule has 0 radical (unpaired) electrons. The normalized spacial score (nSPS) is 14.2. The number of amides is 1. The van der Waals surface area contributed by atoms with Gasteiger partial charge in [0, 0.05) is 6.42 Å². The Kier molecular flexibility index (Phi) is 37.5. The Balaban J connectivity index is 4.58. The second kappa shape index (κ2) is 39.5. The molecular weight excluding hydrogens is 647 g/mol. The Bertz CT molecular complexity index is 995. The van der Waals surface area contributed by atoms with Crippen LogP contribution in [-0.4, -0.2) is 46.9 Å². The molecule has 52 heavy (non-hydrogen) atoms. The van der Waals surface area contributed by atoms with Crippen LogP contribution >= 0.6 is 0 Å². The summed E-state index contributed by atoms with van der Waals surface area (Å²) < 4.78 is 5.84. The van der Waals surface area contributed by atoms with Crippen LogP contribution in [0.3, 0.4) is 0 Å². The number of hydrogen-bond donors (Lipinski definition) is 3. The molecule has 6 heteroatoms. The minimum Gasteiger partial charge on any atom is -0.462 e. The van der Waals surface area contributed by atoms with Gasteiger partial charge >= 0.3 is 5.97 Å². The molecule has 0 aromatic heterocycles. The van der Waals surface area contributed by atoms with Crippen molar-refractivity contribution in [2.45, 2.75) is 200 Å². The van der Waals surface area contributed by atoms with Crippen LogP contribution in [0.5, 0.6) is 0 Å². The van der Waals surface area contributed by atoms with Gasteiger partial charge in [0.15, 0.2) is 0 Å². The van der Waals surface area contributed by atoms with Crippen LogP contribution in [0.4, 0.5) is 0 Å². The molecular formula is C46H79NO5. The van der Waals surface area contributed by atoms with Crippen molar-refractivity contribution in [3.05, 3.63) is 72.9 Å². The van der Waals surface area contributed by atoms with Crippen molar-refractivity contribution in [1.82, 2.24) is 5.32 Å². The number of aliphatic hydroxyl groups is 2. The summed E-state index contributed by atoms with van der Waals surface area (Å²) in [6.07, 6.45) is 48.3. The first-order chi connectivity index (χ1) is 25.5. The zero-order valence-electron chi connectivity index (χ0n) is 33.7. The molecule has 0 aliphatic carbocycles. The third kappa shape index (κ3) is 34.4. The molecule has 0 aromatic carbocycles. The number of rotatable bonds is 36. The monoisotopic (exact) mass is 726 g/mol. The van der Waals surface area contributed by atoms with Crippen molar-refractivity contribution in [1.29, 1.82) is 0 Å². The first-order valence-corrected chi connectivity index (χ1v) is 21.2. The average molecular weight is 726 g/mol. The molecule has 3 atom stereocenters. The van der Waals surface area contributed by atoms with Crippen molar-refractivity contribution in [2.75, 3.05) is 6.61 Å². The second-order valence-corrected chi connectivity index (χ2v) is 14.2. The van der Waals surface area contributed by atoms with Gasteiger partial charge in [-0.2, -0.15) is 0 Å². The van der Waals surface area contributed by atoms with Gasteiger partial charge < -0.3 is 20.3 Å². The number of carbonyl (C=O) groups excluding carboxylic acids is 2. The number of allylic oxidation sites excluding steroid dienone is 12. The minimum atomic E-state index is -0.793. The highest BCUT2D eigenvalue weighted by atomic mass is 16.5. The molecule has 0 bridgehead atoms. The van der Waals surface area contributed by atoms with Crippen LogP contribution in [0, 0.1) is 0 Å². The molecule has 0 rings (SSSR count). The summed E-state index contributed by atoms with van der Waals surface area (Å²) in [4.78, 5) is 25.8. The molecule has 0 aliphatic heterocycles. The third-order valence-corrected chi connectivity index (χ3v) is 9.21. The summed E-state index contributed by atoms with van der Waals surface area (Å²) in [5.74, 6) is -0.539. The summed E-state index contributed by atoms with van der Waals surface area (Å²) in [5.41, 5.74) is 0. The van der Waals surface area contributed by atoms with E-state index in [-0.39, 0.29) is 24.9 Å². The fourth-order valence-electron chi connectivity index (χ4n) is 5.99. The van der Waals surface area contributed by atoms with Gasteiger partial charge in [0.1, 0.15) is 6.10 Å². The van der Waals surface area contributed by atoms with Gasteiger partial charge in [-0.15, -0.1) is 0 Å². The van der Waals surface area contributed by atoms with E-state index in [2.05, 4.69) is 44.3 Å². The third-order valence-electron chi connectivity index (χ3n) is 9.21. The number of carbonyl (C=O) groups is 2. The zero-order chi connectivity index (χ0) is 38.2. The van der Waals surface area contributed by atoms with E-state index in [4.69, 9.17) is 4.74 Å². The van der Waals surface area contributed by atoms with Gasteiger partial charge in [0.05, 0.1) is 25.2 Å². The lowest BCUT2D eigenvalue weighted by atomic mass is 10.0. The largest absolute Gasteiger partial charge is 0.462 e. The average Bonchev–Trinajstić information content (AvgIpc) is 3.13. The van der Waals surface area contributed by atoms with E-state index in [0.29, 0.717) is 19.3 Å². The van der Waals surface area contributed by atoms with Crippen LogP contribution < -0.4 is 5.32 Å². The fraction of sp³-hybridized carbons (Fsp3) is 0.696. The second-order valence-electron chi connectivity index (χ2n) is 14.2. The van der Waals surface area contributed by atoms with Crippen molar-refractivity contribution < 1.29 is 24.5 Å². The number of aliphatic hydroxyl groups excluding tert-OH is 2. The predicted octanol–water partition coefficient (Wildman–Crippen LogP) is 11.9. The Morgan fingerprint density at radius 2 is 1.04 bits per heavy atom.